The molecule has 0 aromatic heterocycles. The van der Waals surface area contributed by atoms with E-state index < -0.39 is 0 Å². The maximum atomic E-state index is 9.65. The fourth-order valence-electron chi connectivity index (χ4n) is 2.52. The molecule has 1 aromatic rings. The van der Waals surface area contributed by atoms with Gasteiger partial charge in [0.05, 0.1) is 0 Å². The van der Waals surface area contributed by atoms with E-state index in [-0.39, 0.29) is 0 Å². The fourth-order valence-corrected chi connectivity index (χ4v) is 2.52. The van der Waals surface area contributed by atoms with Gasteiger partial charge in [0.15, 0.2) is 0 Å². The van der Waals surface area contributed by atoms with Crippen LogP contribution in [0.15, 0.2) is 24.3 Å². The number of rotatable bonds is 3. The Bertz CT molecular complexity index is 360. The lowest BCUT2D eigenvalue weighted by molar-refractivity contribution is 0.363. The highest BCUT2D eigenvalue weighted by atomic mass is 16.3. The van der Waals surface area contributed by atoms with Crippen molar-refractivity contribution in [3.8, 4) is 5.75 Å². The molecule has 0 heterocycles. The van der Waals surface area contributed by atoms with Crippen molar-refractivity contribution in [1.82, 2.24) is 5.32 Å². The molecule has 1 aliphatic carbocycles. The first-order valence-electron chi connectivity index (χ1n) is 6.07. The van der Waals surface area contributed by atoms with Crippen LogP contribution in [-0.2, 0) is 6.54 Å². The first-order valence-corrected chi connectivity index (χ1v) is 6.07. The van der Waals surface area contributed by atoms with E-state index in [2.05, 4.69) is 19.2 Å². The van der Waals surface area contributed by atoms with Crippen molar-refractivity contribution in [2.75, 3.05) is 0 Å². The molecule has 0 radical (unpaired) electrons. The predicted octanol–water partition coefficient (Wildman–Crippen LogP) is 3.06. The van der Waals surface area contributed by atoms with Crippen molar-refractivity contribution in [2.24, 2.45) is 5.41 Å². The molecule has 0 spiro atoms. The number of phenols is 1. The van der Waals surface area contributed by atoms with Gasteiger partial charge in [0.2, 0.25) is 0 Å². The van der Waals surface area contributed by atoms with E-state index in [1.165, 1.54) is 19.3 Å². The smallest absolute Gasteiger partial charge is 0.120 e. The van der Waals surface area contributed by atoms with Gasteiger partial charge in [-0.2, -0.15) is 0 Å². The summed E-state index contributed by atoms with van der Waals surface area (Å²) in [6, 6.07) is 8.15. The second kappa shape index (κ2) is 4.46. The van der Waals surface area contributed by atoms with Crippen molar-refractivity contribution in [3.05, 3.63) is 29.8 Å². The summed E-state index contributed by atoms with van der Waals surface area (Å²) < 4.78 is 0. The van der Waals surface area contributed by atoms with Crippen LogP contribution in [0.5, 0.6) is 5.75 Å². The topological polar surface area (TPSA) is 32.3 Å². The minimum atomic E-state index is 0.396. The number of para-hydroxylation sites is 1. The SMILES string of the molecule is CC1(C)CCC(NCc2ccccc2O)C1. The van der Waals surface area contributed by atoms with Crippen LogP contribution in [0.25, 0.3) is 0 Å². The van der Waals surface area contributed by atoms with Crippen molar-refractivity contribution < 1.29 is 5.11 Å². The molecule has 0 aliphatic heterocycles. The Balaban J connectivity index is 1.87. The third-order valence-corrected chi connectivity index (χ3v) is 3.54. The summed E-state index contributed by atoms with van der Waals surface area (Å²) in [7, 11) is 0. The summed E-state index contributed by atoms with van der Waals surface area (Å²) >= 11 is 0. The average Bonchev–Trinajstić information content (AvgIpc) is 2.57. The minimum Gasteiger partial charge on any atom is -0.508 e. The maximum absolute atomic E-state index is 9.65. The second-order valence-corrected chi connectivity index (χ2v) is 5.61. The van der Waals surface area contributed by atoms with Gasteiger partial charge in [-0.3, -0.25) is 0 Å². The van der Waals surface area contributed by atoms with Crippen LogP contribution in [0.3, 0.4) is 0 Å². The molecule has 1 aromatic carbocycles. The van der Waals surface area contributed by atoms with E-state index in [4.69, 9.17) is 0 Å². The van der Waals surface area contributed by atoms with Crippen molar-refractivity contribution in [3.63, 3.8) is 0 Å². The van der Waals surface area contributed by atoms with Gasteiger partial charge in [-0.25, -0.2) is 0 Å². The lowest BCUT2D eigenvalue weighted by Crippen LogP contribution is -2.26. The van der Waals surface area contributed by atoms with Crippen LogP contribution >= 0.6 is 0 Å². The van der Waals surface area contributed by atoms with Gasteiger partial charge in [0.1, 0.15) is 5.75 Å². The molecule has 2 N–H and O–H groups in total. The van der Waals surface area contributed by atoms with Gasteiger partial charge in [-0.1, -0.05) is 32.0 Å². The van der Waals surface area contributed by atoms with Gasteiger partial charge in [-0.15, -0.1) is 0 Å². The van der Waals surface area contributed by atoms with E-state index in [0.29, 0.717) is 17.2 Å². The van der Waals surface area contributed by atoms with Crippen LogP contribution in [-0.4, -0.2) is 11.1 Å². The number of nitrogens with one attached hydrogen (secondary N) is 1. The monoisotopic (exact) mass is 219 g/mol. The lowest BCUT2D eigenvalue weighted by atomic mass is 9.92. The average molecular weight is 219 g/mol. The highest BCUT2D eigenvalue weighted by Crippen LogP contribution is 2.37. The number of benzene rings is 1. The van der Waals surface area contributed by atoms with E-state index in [1.54, 1.807) is 6.07 Å². The van der Waals surface area contributed by atoms with Crippen molar-refractivity contribution in [1.29, 1.82) is 0 Å². The third kappa shape index (κ3) is 2.76. The zero-order chi connectivity index (χ0) is 11.6. The van der Waals surface area contributed by atoms with E-state index in [0.717, 1.165) is 12.1 Å². The molecule has 2 heteroatoms. The third-order valence-electron chi connectivity index (χ3n) is 3.54. The number of hydrogen-bond donors (Lipinski definition) is 2. The van der Waals surface area contributed by atoms with E-state index in [1.807, 2.05) is 18.2 Å². The molecule has 1 aliphatic rings. The van der Waals surface area contributed by atoms with Gasteiger partial charge in [0, 0.05) is 18.2 Å². The summed E-state index contributed by atoms with van der Waals surface area (Å²) in [4.78, 5) is 0. The van der Waals surface area contributed by atoms with Gasteiger partial charge in [-0.05, 0) is 30.7 Å². The Morgan fingerprint density at radius 1 is 1.38 bits per heavy atom. The first kappa shape index (κ1) is 11.5. The van der Waals surface area contributed by atoms with Crippen LogP contribution in [0, 0.1) is 5.41 Å². The van der Waals surface area contributed by atoms with Crippen molar-refractivity contribution in [2.45, 2.75) is 45.7 Å². The molecule has 1 fully saturated rings. The fraction of sp³-hybridized carbons (Fsp3) is 0.571. The Hall–Kier alpha value is -1.02. The molecule has 2 rings (SSSR count). The summed E-state index contributed by atoms with van der Waals surface area (Å²) in [6.45, 7) is 5.43. The first-order chi connectivity index (χ1) is 7.57. The molecular formula is C14H21NO. The normalized spacial score (nSPS) is 23.5. The molecule has 0 saturated heterocycles. The van der Waals surface area contributed by atoms with E-state index >= 15 is 0 Å². The summed E-state index contributed by atoms with van der Waals surface area (Å²) in [5.41, 5.74) is 1.48. The number of phenolic OH excluding ortho intramolecular Hbond substituents is 1. The largest absolute Gasteiger partial charge is 0.508 e. The summed E-state index contributed by atoms with van der Waals surface area (Å²) in [5.74, 6) is 0.396. The van der Waals surface area contributed by atoms with Crippen LogP contribution < -0.4 is 5.32 Å². The number of hydrogen-bond acceptors (Lipinski definition) is 2. The molecule has 0 bridgehead atoms. The summed E-state index contributed by atoms with van der Waals surface area (Å²) in [6.07, 6.45) is 3.78. The van der Waals surface area contributed by atoms with Crippen LogP contribution in [0.4, 0.5) is 0 Å². The highest BCUT2D eigenvalue weighted by Gasteiger charge is 2.30. The Labute approximate surface area is 97.7 Å². The zero-order valence-electron chi connectivity index (χ0n) is 10.2. The Morgan fingerprint density at radius 2 is 2.12 bits per heavy atom. The lowest BCUT2D eigenvalue weighted by Gasteiger charge is -2.18. The quantitative estimate of drug-likeness (QED) is 0.819. The number of aromatic hydroxyl groups is 1. The maximum Gasteiger partial charge on any atom is 0.120 e. The van der Waals surface area contributed by atoms with Gasteiger partial charge >= 0.3 is 0 Å². The van der Waals surface area contributed by atoms with Crippen molar-refractivity contribution >= 4 is 0 Å². The molecule has 88 valence electrons. The van der Waals surface area contributed by atoms with Gasteiger partial charge in [0.25, 0.3) is 0 Å². The highest BCUT2D eigenvalue weighted by molar-refractivity contribution is 5.31. The Morgan fingerprint density at radius 3 is 2.75 bits per heavy atom. The molecule has 1 atom stereocenters. The predicted molar refractivity (Wildman–Crippen MR) is 66.4 cm³/mol. The van der Waals surface area contributed by atoms with Gasteiger partial charge < -0.3 is 10.4 Å². The molecule has 0 amide bonds. The minimum absolute atomic E-state index is 0.396. The zero-order valence-corrected chi connectivity index (χ0v) is 10.2. The summed E-state index contributed by atoms with van der Waals surface area (Å²) in [5, 5.41) is 13.2. The molecule has 1 unspecified atom stereocenters. The van der Waals surface area contributed by atoms with E-state index in [9.17, 15) is 5.11 Å². The standard InChI is InChI=1S/C14H21NO/c1-14(2)8-7-12(9-14)15-10-11-5-3-4-6-13(11)16/h3-6,12,15-16H,7-10H2,1-2H3. The van der Waals surface area contributed by atoms with Crippen LogP contribution in [0.1, 0.15) is 38.7 Å². The molecular weight excluding hydrogens is 198 g/mol. The Kier molecular flexibility index (Phi) is 3.20. The second-order valence-electron chi connectivity index (χ2n) is 5.61. The molecule has 1 saturated carbocycles. The molecule has 2 nitrogen and oxygen atoms in total. The molecule has 16 heavy (non-hydrogen) atoms. The van der Waals surface area contributed by atoms with Crippen LogP contribution in [0.2, 0.25) is 0 Å².